The summed E-state index contributed by atoms with van der Waals surface area (Å²) in [5.41, 5.74) is 4.86. The first-order chi connectivity index (χ1) is 7.40. The summed E-state index contributed by atoms with van der Waals surface area (Å²) in [6.07, 6.45) is 0. The molecule has 0 saturated heterocycles. The van der Waals surface area contributed by atoms with E-state index in [2.05, 4.69) is 44.4 Å². The zero-order valence-electron chi connectivity index (χ0n) is 11.0. The Morgan fingerprint density at radius 1 is 1.19 bits per heavy atom. The normalized spacial score (nSPS) is 13.0. The quantitative estimate of drug-likeness (QED) is 0.643. The van der Waals surface area contributed by atoms with E-state index >= 15 is 0 Å². The maximum Gasteiger partial charge on any atom is 0.127 e. The van der Waals surface area contributed by atoms with Crippen molar-refractivity contribution < 1.29 is 4.74 Å². The molecule has 1 aromatic carbocycles. The van der Waals surface area contributed by atoms with Crippen LogP contribution in [0.15, 0.2) is 6.07 Å². The SMILES string of the molecule is COc1c(C)c(C)cc(C)c1C(S)N(C)C. The summed E-state index contributed by atoms with van der Waals surface area (Å²) in [6.45, 7) is 6.31. The average molecular weight is 239 g/mol. The minimum absolute atomic E-state index is 0.0641. The van der Waals surface area contributed by atoms with Gasteiger partial charge in [0.15, 0.2) is 0 Å². The topological polar surface area (TPSA) is 12.5 Å². The Bertz CT molecular complexity index is 388. The Morgan fingerprint density at radius 2 is 1.75 bits per heavy atom. The molecule has 0 aliphatic rings. The number of benzene rings is 1. The van der Waals surface area contributed by atoms with Crippen molar-refractivity contribution in [3.63, 3.8) is 0 Å². The van der Waals surface area contributed by atoms with E-state index in [4.69, 9.17) is 4.74 Å². The van der Waals surface area contributed by atoms with Crippen LogP contribution < -0.4 is 4.74 Å². The Morgan fingerprint density at radius 3 is 2.19 bits per heavy atom. The lowest BCUT2D eigenvalue weighted by Gasteiger charge is -2.25. The van der Waals surface area contributed by atoms with Gasteiger partial charge in [-0.2, -0.15) is 12.6 Å². The first-order valence-corrected chi connectivity index (χ1v) is 5.91. The largest absolute Gasteiger partial charge is 0.496 e. The van der Waals surface area contributed by atoms with Crippen molar-refractivity contribution in [3.8, 4) is 5.75 Å². The van der Waals surface area contributed by atoms with Gasteiger partial charge >= 0.3 is 0 Å². The van der Waals surface area contributed by atoms with Crippen molar-refractivity contribution in [3.05, 3.63) is 28.3 Å². The van der Waals surface area contributed by atoms with E-state index in [0.717, 1.165) is 5.75 Å². The maximum atomic E-state index is 5.53. The highest BCUT2D eigenvalue weighted by Gasteiger charge is 2.19. The van der Waals surface area contributed by atoms with Gasteiger partial charge in [-0.05, 0) is 51.6 Å². The van der Waals surface area contributed by atoms with Gasteiger partial charge in [0.2, 0.25) is 0 Å². The van der Waals surface area contributed by atoms with Crippen molar-refractivity contribution in [1.29, 1.82) is 0 Å². The molecular formula is C13H21NOS. The Labute approximate surface area is 104 Å². The third-order valence-corrected chi connectivity index (χ3v) is 3.71. The molecule has 0 radical (unpaired) electrons. The van der Waals surface area contributed by atoms with Gasteiger partial charge in [0.1, 0.15) is 5.75 Å². The molecule has 3 heteroatoms. The summed E-state index contributed by atoms with van der Waals surface area (Å²) in [4.78, 5) is 2.07. The molecule has 2 nitrogen and oxygen atoms in total. The molecule has 0 bridgehead atoms. The molecule has 0 aromatic heterocycles. The van der Waals surface area contributed by atoms with Crippen LogP contribution in [0.25, 0.3) is 0 Å². The molecule has 0 heterocycles. The van der Waals surface area contributed by atoms with E-state index < -0.39 is 0 Å². The molecule has 16 heavy (non-hydrogen) atoms. The standard InChI is InChI=1S/C13H21NOS/c1-8-7-9(2)11(13(16)14(4)5)12(15-6)10(8)3/h7,13,16H,1-6H3. The van der Waals surface area contributed by atoms with Crippen molar-refractivity contribution in [2.75, 3.05) is 21.2 Å². The van der Waals surface area contributed by atoms with Gasteiger partial charge in [0, 0.05) is 5.56 Å². The van der Waals surface area contributed by atoms with E-state index in [9.17, 15) is 0 Å². The number of nitrogens with zero attached hydrogens (tertiary/aromatic N) is 1. The molecule has 0 fully saturated rings. The minimum atomic E-state index is 0.0641. The third-order valence-electron chi connectivity index (χ3n) is 2.99. The first-order valence-electron chi connectivity index (χ1n) is 5.39. The number of rotatable bonds is 3. The lowest BCUT2D eigenvalue weighted by Crippen LogP contribution is -2.17. The molecule has 0 N–H and O–H groups in total. The Hall–Kier alpha value is -0.670. The molecule has 1 rings (SSSR count). The number of ether oxygens (including phenoxy) is 1. The van der Waals surface area contributed by atoms with E-state index in [1.165, 1.54) is 22.3 Å². The maximum absolute atomic E-state index is 5.53. The van der Waals surface area contributed by atoms with Crippen molar-refractivity contribution >= 4 is 12.6 Å². The highest BCUT2D eigenvalue weighted by Crippen LogP contribution is 2.37. The summed E-state index contributed by atoms with van der Waals surface area (Å²) in [5, 5.41) is 0.0641. The van der Waals surface area contributed by atoms with Gasteiger partial charge < -0.3 is 4.74 Å². The van der Waals surface area contributed by atoms with E-state index in [1.807, 2.05) is 14.1 Å². The van der Waals surface area contributed by atoms with Gasteiger partial charge in [-0.1, -0.05) is 6.07 Å². The smallest absolute Gasteiger partial charge is 0.127 e. The zero-order chi connectivity index (χ0) is 12.5. The molecule has 0 aliphatic carbocycles. The van der Waals surface area contributed by atoms with Crippen molar-refractivity contribution in [1.82, 2.24) is 4.90 Å². The first kappa shape index (κ1) is 13.4. The molecule has 90 valence electrons. The van der Waals surface area contributed by atoms with E-state index in [0.29, 0.717) is 0 Å². The lowest BCUT2D eigenvalue weighted by molar-refractivity contribution is 0.363. The molecule has 0 amide bonds. The van der Waals surface area contributed by atoms with Gasteiger partial charge in [-0.3, -0.25) is 4.90 Å². The summed E-state index contributed by atoms with van der Waals surface area (Å²) < 4.78 is 5.53. The predicted octanol–water partition coefficient (Wildman–Crippen LogP) is 3.11. The van der Waals surface area contributed by atoms with Crippen LogP contribution >= 0.6 is 12.6 Å². The lowest BCUT2D eigenvalue weighted by atomic mass is 9.98. The van der Waals surface area contributed by atoms with Gasteiger partial charge in [-0.15, -0.1) is 0 Å². The highest BCUT2D eigenvalue weighted by molar-refractivity contribution is 7.80. The fraction of sp³-hybridized carbons (Fsp3) is 0.538. The second-order valence-corrected chi connectivity index (χ2v) is 4.91. The van der Waals surface area contributed by atoms with Gasteiger partial charge in [0.25, 0.3) is 0 Å². The molecule has 1 atom stereocenters. The average Bonchev–Trinajstić information content (AvgIpc) is 2.21. The molecular weight excluding hydrogens is 218 g/mol. The van der Waals surface area contributed by atoms with Crippen molar-refractivity contribution in [2.24, 2.45) is 0 Å². The molecule has 0 spiro atoms. The number of thiol groups is 1. The van der Waals surface area contributed by atoms with Crippen molar-refractivity contribution in [2.45, 2.75) is 26.1 Å². The van der Waals surface area contributed by atoms with Crippen LogP contribution in [-0.4, -0.2) is 26.1 Å². The fourth-order valence-corrected chi connectivity index (χ4v) is 2.23. The number of aryl methyl sites for hydroxylation is 2. The zero-order valence-corrected chi connectivity index (χ0v) is 11.9. The highest BCUT2D eigenvalue weighted by atomic mass is 32.1. The van der Waals surface area contributed by atoms with Crippen LogP contribution in [0.4, 0.5) is 0 Å². The van der Waals surface area contributed by atoms with Crippen LogP contribution in [0.5, 0.6) is 5.75 Å². The minimum Gasteiger partial charge on any atom is -0.496 e. The monoisotopic (exact) mass is 239 g/mol. The molecule has 1 unspecified atom stereocenters. The van der Waals surface area contributed by atoms with Crippen LogP contribution in [0.2, 0.25) is 0 Å². The number of hydrogen-bond donors (Lipinski definition) is 1. The summed E-state index contributed by atoms with van der Waals surface area (Å²) >= 11 is 4.64. The number of methoxy groups -OCH3 is 1. The van der Waals surface area contributed by atoms with E-state index in [1.54, 1.807) is 7.11 Å². The Kier molecular flexibility index (Phi) is 4.28. The van der Waals surface area contributed by atoms with Crippen LogP contribution in [0.3, 0.4) is 0 Å². The second-order valence-electron chi connectivity index (χ2n) is 4.42. The molecule has 0 saturated carbocycles. The van der Waals surface area contributed by atoms with Crippen LogP contribution in [0, 0.1) is 20.8 Å². The van der Waals surface area contributed by atoms with Gasteiger partial charge in [0.05, 0.1) is 12.5 Å². The fourth-order valence-electron chi connectivity index (χ4n) is 1.91. The molecule has 1 aromatic rings. The third kappa shape index (κ3) is 2.36. The second kappa shape index (κ2) is 5.11. The van der Waals surface area contributed by atoms with Gasteiger partial charge in [-0.25, -0.2) is 0 Å². The molecule has 0 aliphatic heterocycles. The summed E-state index contributed by atoms with van der Waals surface area (Å²) in [5.74, 6) is 0.964. The number of hydrogen-bond acceptors (Lipinski definition) is 3. The van der Waals surface area contributed by atoms with E-state index in [-0.39, 0.29) is 5.37 Å². The van der Waals surface area contributed by atoms with Crippen LogP contribution in [0.1, 0.15) is 27.6 Å². The predicted molar refractivity (Wildman–Crippen MR) is 72.6 cm³/mol. The summed E-state index contributed by atoms with van der Waals surface area (Å²) in [6, 6.07) is 2.19. The summed E-state index contributed by atoms with van der Waals surface area (Å²) in [7, 11) is 5.76. The van der Waals surface area contributed by atoms with Crippen LogP contribution in [-0.2, 0) is 0 Å². The Balaban J connectivity index is 3.42.